The van der Waals surface area contributed by atoms with Crippen molar-refractivity contribution in [2.45, 2.75) is 12.7 Å². The molecule has 0 bridgehead atoms. The summed E-state index contributed by atoms with van der Waals surface area (Å²) in [4.78, 5) is 3.84. The Morgan fingerprint density at radius 2 is 1.89 bits per heavy atom. The van der Waals surface area contributed by atoms with E-state index in [4.69, 9.17) is 0 Å². The van der Waals surface area contributed by atoms with Crippen molar-refractivity contribution in [2.24, 2.45) is 0 Å². The van der Waals surface area contributed by atoms with Crippen LogP contribution < -0.4 is 5.32 Å². The molecule has 4 rings (SSSR count). The number of alkyl halides is 3. The number of benzene rings is 1. The van der Waals surface area contributed by atoms with Crippen LogP contribution in [-0.2, 0) is 12.7 Å². The van der Waals surface area contributed by atoms with Crippen molar-refractivity contribution in [1.29, 1.82) is 0 Å². The molecule has 4 aromatic rings. The van der Waals surface area contributed by atoms with Crippen LogP contribution in [0.1, 0.15) is 11.1 Å². The van der Waals surface area contributed by atoms with E-state index < -0.39 is 11.7 Å². The topological polar surface area (TPSA) is 68.0 Å². The van der Waals surface area contributed by atoms with Crippen LogP contribution in [0.5, 0.6) is 0 Å². The van der Waals surface area contributed by atoms with Gasteiger partial charge in [-0.1, -0.05) is 12.1 Å². The lowest BCUT2D eigenvalue weighted by Crippen LogP contribution is -2.09. The van der Waals surface area contributed by atoms with Crippen molar-refractivity contribution >= 4 is 11.6 Å². The van der Waals surface area contributed by atoms with E-state index in [2.05, 4.69) is 25.6 Å². The summed E-state index contributed by atoms with van der Waals surface area (Å²) in [5.74, 6) is -0.0770. The molecule has 0 fully saturated rings. The van der Waals surface area contributed by atoms with E-state index >= 15 is 0 Å². The summed E-state index contributed by atoms with van der Waals surface area (Å²) in [6.45, 7) is 0.278. The third-order valence-electron chi connectivity index (χ3n) is 3.99. The van der Waals surface area contributed by atoms with Gasteiger partial charge in [0.05, 0.1) is 17.5 Å². The van der Waals surface area contributed by atoms with Crippen molar-refractivity contribution in [3.8, 4) is 11.3 Å². The number of halogens is 4. The molecule has 0 aliphatic heterocycles. The lowest BCUT2D eigenvalue weighted by Gasteiger charge is -2.11. The normalized spacial score (nSPS) is 11.7. The Labute approximate surface area is 155 Å². The zero-order valence-corrected chi connectivity index (χ0v) is 14.2. The summed E-state index contributed by atoms with van der Waals surface area (Å²) in [6, 6.07) is 9.65. The van der Waals surface area contributed by atoms with E-state index in [9.17, 15) is 17.6 Å². The van der Waals surface area contributed by atoms with Crippen LogP contribution in [0.2, 0.25) is 0 Å². The standard InChI is InChI=1S/C18H12F4N6/c19-13-4-1-3-11(7-13)9-24-17-27-26-15-8-12(10-25-28(15)17)16-14(18(20,21)22)5-2-6-23-16/h1-8,10H,9H2,(H,24,27). The lowest BCUT2D eigenvalue weighted by molar-refractivity contribution is -0.137. The first-order valence-corrected chi connectivity index (χ1v) is 8.14. The highest BCUT2D eigenvalue weighted by atomic mass is 19.4. The Morgan fingerprint density at radius 1 is 1.04 bits per heavy atom. The first-order chi connectivity index (χ1) is 13.4. The average molecular weight is 388 g/mol. The number of fused-ring (bicyclic) bond motifs is 1. The SMILES string of the molecule is Fc1cccc(CNc2nnc3cc(-c4ncccc4C(F)(F)F)cnn23)c1. The van der Waals surface area contributed by atoms with Crippen molar-refractivity contribution in [2.75, 3.05) is 5.32 Å². The molecule has 0 radical (unpaired) electrons. The second-order valence-corrected chi connectivity index (χ2v) is 5.92. The first-order valence-electron chi connectivity index (χ1n) is 8.14. The van der Waals surface area contributed by atoms with Gasteiger partial charge in [0, 0.05) is 18.3 Å². The molecule has 0 spiro atoms. The molecule has 3 heterocycles. The highest BCUT2D eigenvalue weighted by Crippen LogP contribution is 2.35. The maximum Gasteiger partial charge on any atom is 0.418 e. The van der Waals surface area contributed by atoms with Gasteiger partial charge < -0.3 is 5.32 Å². The summed E-state index contributed by atoms with van der Waals surface area (Å²) >= 11 is 0. The number of anilines is 1. The zero-order chi connectivity index (χ0) is 19.7. The molecule has 3 aromatic heterocycles. The maximum absolute atomic E-state index is 13.2. The van der Waals surface area contributed by atoms with Gasteiger partial charge in [-0.3, -0.25) is 4.98 Å². The molecule has 6 nitrogen and oxygen atoms in total. The van der Waals surface area contributed by atoms with Gasteiger partial charge in [-0.05, 0) is 35.9 Å². The van der Waals surface area contributed by atoms with Gasteiger partial charge in [-0.15, -0.1) is 10.2 Å². The molecular weight excluding hydrogens is 376 g/mol. The molecule has 0 atom stereocenters. The highest BCUT2D eigenvalue weighted by molar-refractivity contribution is 5.66. The second kappa shape index (κ2) is 6.87. The molecule has 0 saturated carbocycles. The van der Waals surface area contributed by atoms with Gasteiger partial charge in [0.2, 0.25) is 5.95 Å². The van der Waals surface area contributed by atoms with Crippen molar-refractivity contribution in [1.82, 2.24) is 24.8 Å². The molecular formula is C18H12F4N6. The van der Waals surface area contributed by atoms with E-state index in [1.54, 1.807) is 12.1 Å². The molecule has 1 aromatic carbocycles. The fourth-order valence-corrected chi connectivity index (χ4v) is 2.72. The van der Waals surface area contributed by atoms with Crippen LogP contribution in [0, 0.1) is 5.82 Å². The highest BCUT2D eigenvalue weighted by Gasteiger charge is 2.34. The monoisotopic (exact) mass is 388 g/mol. The Balaban J connectivity index is 1.64. The third kappa shape index (κ3) is 3.48. The number of pyridine rings is 1. The zero-order valence-electron chi connectivity index (χ0n) is 14.2. The van der Waals surface area contributed by atoms with Crippen LogP contribution in [0.15, 0.2) is 54.9 Å². The number of aromatic nitrogens is 5. The minimum Gasteiger partial charge on any atom is -0.349 e. The molecule has 0 aliphatic rings. The van der Waals surface area contributed by atoms with Crippen LogP contribution in [-0.4, -0.2) is 24.8 Å². The first kappa shape index (κ1) is 17.8. The Bertz CT molecular complexity index is 1140. The molecule has 142 valence electrons. The van der Waals surface area contributed by atoms with E-state index in [1.807, 2.05) is 0 Å². The number of hydrogen-bond acceptors (Lipinski definition) is 5. The van der Waals surface area contributed by atoms with Crippen molar-refractivity contribution < 1.29 is 17.6 Å². The van der Waals surface area contributed by atoms with Gasteiger partial charge >= 0.3 is 6.18 Å². The number of nitrogens with zero attached hydrogens (tertiary/aromatic N) is 5. The van der Waals surface area contributed by atoms with Gasteiger partial charge in [0.25, 0.3) is 0 Å². The second-order valence-electron chi connectivity index (χ2n) is 5.92. The third-order valence-corrected chi connectivity index (χ3v) is 3.99. The van der Waals surface area contributed by atoms with E-state index in [-0.39, 0.29) is 35.2 Å². The van der Waals surface area contributed by atoms with E-state index in [0.717, 1.165) is 6.07 Å². The summed E-state index contributed by atoms with van der Waals surface area (Å²) < 4.78 is 54.2. The van der Waals surface area contributed by atoms with Crippen LogP contribution >= 0.6 is 0 Å². The molecule has 10 heteroatoms. The molecule has 0 aliphatic carbocycles. The lowest BCUT2D eigenvalue weighted by atomic mass is 10.1. The largest absolute Gasteiger partial charge is 0.418 e. The summed E-state index contributed by atoms with van der Waals surface area (Å²) in [7, 11) is 0. The van der Waals surface area contributed by atoms with Gasteiger partial charge in [-0.2, -0.15) is 22.8 Å². The molecule has 0 saturated heterocycles. The fraction of sp³-hybridized carbons (Fsp3) is 0.111. The molecule has 1 N–H and O–H groups in total. The summed E-state index contributed by atoms with van der Waals surface area (Å²) in [5.41, 5.74) is 0.0200. The van der Waals surface area contributed by atoms with E-state index in [1.165, 1.54) is 41.2 Å². The summed E-state index contributed by atoms with van der Waals surface area (Å²) in [6.07, 6.45) is -1.99. The minimum absolute atomic E-state index is 0.171. The Hall–Kier alpha value is -3.56. The van der Waals surface area contributed by atoms with Gasteiger partial charge in [0.15, 0.2) is 5.65 Å². The fourth-order valence-electron chi connectivity index (χ4n) is 2.72. The maximum atomic E-state index is 13.2. The van der Waals surface area contributed by atoms with Crippen molar-refractivity contribution in [3.05, 3.63) is 71.8 Å². The van der Waals surface area contributed by atoms with Crippen molar-refractivity contribution in [3.63, 3.8) is 0 Å². The quantitative estimate of drug-likeness (QED) is 0.536. The van der Waals surface area contributed by atoms with Crippen LogP contribution in [0.3, 0.4) is 0 Å². The Morgan fingerprint density at radius 3 is 2.68 bits per heavy atom. The number of nitrogens with one attached hydrogen (secondary N) is 1. The van der Waals surface area contributed by atoms with Crippen LogP contribution in [0.25, 0.3) is 16.9 Å². The average Bonchev–Trinajstić information content (AvgIpc) is 3.08. The van der Waals surface area contributed by atoms with Gasteiger partial charge in [0.1, 0.15) is 5.82 Å². The van der Waals surface area contributed by atoms with Gasteiger partial charge in [-0.25, -0.2) is 4.39 Å². The summed E-state index contributed by atoms with van der Waals surface area (Å²) in [5, 5.41) is 15.0. The predicted octanol–water partition coefficient (Wildman–Crippen LogP) is 3.96. The molecule has 0 unspecified atom stereocenters. The molecule has 0 amide bonds. The Kier molecular flexibility index (Phi) is 4.38. The molecule has 28 heavy (non-hydrogen) atoms. The number of rotatable bonds is 4. The van der Waals surface area contributed by atoms with E-state index in [0.29, 0.717) is 5.56 Å². The van der Waals surface area contributed by atoms with Crippen LogP contribution in [0.4, 0.5) is 23.5 Å². The minimum atomic E-state index is -4.54. The number of hydrogen-bond donors (Lipinski definition) is 1. The predicted molar refractivity (Wildman–Crippen MR) is 92.7 cm³/mol. The smallest absolute Gasteiger partial charge is 0.349 e.